The van der Waals surface area contributed by atoms with Crippen LogP contribution in [0.25, 0.3) is 0 Å². The van der Waals surface area contributed by atoms with Crippen LogP contribution in [0.5, 0.6) is 0 Å². The minimum absolute atomic E-state index is 0.406. The van der Waals surface area contributed by atoms with Crippen molar-refractivity contribution in [2.24, 2.45) is 5.41 Å². The lowest BCUT2D eigenvalue weighted by molar-refractivity contribution is 0.316. The lowest BCUT2D eigenvalue weighted by Crippen LogP contribution is -2.30. The maximum atomic E-state index is 3.93. The molecule has 0 bridgehead atoms. The molecule has 0 saturated carbocycles. The van der Waals surface area contributed by atoms with E-state index in [4.69, 9.17) is 0 Å². The van der Waals surface area contributed by atoms with Gasteiger partial charge in [-0.05, 0) is 32.2 Å². The first-order chi connectivity index (χ1) is 5.35. The van der Waals surface area contributed by atoms with Gasteiger partial charge in [-0.1, -0.05) is 26.3 Å². The zero-order valence-electron chi connectivity index (χ0n) is 9.20. The van der Waals surface area contributed by atoms with Gasteiger partial charge in [0.05, 0.1) is 0 Å². The molecule has 72 valence electrons. The molecule has 1 atom stereocenters. The van der Waals surface area contributed by atoms with Crippen LogP contribution in [0.3, 0.4) is 0 Å². The third-order valence-electron chi connectivity index (χ3n) is 1.86. The van der Waals surface area contributed by atoms with Gasteiger partial charge >= 0.3 is 0 Å². The summed E-state index contributed by atoms with van der Waals surface area (Å²) in [5.41, 5.74) is 1.67. The van der Waals surface area contributed by atoms with Crippen molar-refractivity contribution in [1.82, 2.24) is 5.32 Å². The summed E-state index contributed by atoms with van der Waals surface area (Å²) in [5, 5.41) is 3.33. The Bertz CT molecular complexity index is 142. The maximum absolute atomic E-state index is 3.93. The van der Waals surface area contributed by atoms with Gasteiger partial charge in [0.25, 0.3) is 0 Å². The predicted molar refractivity (Wildman–Crippen MR) is 56.4 cm³/mol. The molecule has 0 rings (SSSR count). The second-order valence-electron chi connectivity index (χ2n) is 4.91. The van der Waals surface area contributed by atoms with E-state index in [1.165, 1.54) is 12.0 Å². The Balaban J connectivity index is 3.92. The Morgan fingerprint density at radius 2 is 1.92 bits per heavy atom. The molecule has 0 aromatic heterocycles. The van der Waals surface area contributed by atoms with E-state index in [9.17, 15) is 0 Å². The van der Waals surface area contributed by atoms with E-state index in [0.717, 1.165) is 6.42 Å². The van der Waals surface area contributed by atoms with Crippen LogP contribution in [-0.2, 0) is 0 Å². The summed E-state index contributed by atoms with van der Waals surface area (Å²) in [6.45, 7) is 12.8. The normalized spacial score (nSPS) is 14.4. The van der Waals surface area contributed by atoms with Crippen molar-refractivity contribution in [3.63, 3.8) is 0 Å². The first kappa shape index (κ1) is 11.7. The second-order valence-corrected chi connectivity index (χ2v) is 4.91. The molecule has 0 amide bonds. The average Bonchev–Trinajstić information content (AvgIpc) is 1.82. The van der Waals surface area contributed by atoms with E-state index in [1.807, 2.05) is 7.05 Å². The van der Waals surface area contributed by atoms with Crippen molar-refractivity contribution in [2.45, 2.75) is 46.6 Å². The third kappa shape index (κ3) is 6.41. The summed E-state index contributed by atoms with van der Waals surface area (Å²) in [7, 11) is 2.03. The largest absolute Gasteiger partial charge is 0.317 e. The monoisotopic (exact) mass is 169 g/mol. The molecule has 0 aromatic rings. The molecule has 1 nitrogen and oxygen atoms in total. The number of nitrogens with one attached hydrogen (secondary N) is 1. The zero-order chi connectivity index (χ0) is 9.78. The van der Waals surface area contributed by atoms with Gasteiger partial charge in [-0.25, -0.2) is 0 Å². The van der Waals surface area contributed by atoms with E-state index >= 15 is 0 Å². The summed E-state index contributed by atoms with van der Waals surface area (Å²) >= 11 is 0. The van der Waals surface area contributed by atoms with Gasteiger partial charge in [0.15, 0.2) is 0 Å². The fourth-order valence-corrected chi connectivity index (χ4v) is 1.44. The molecular weight excluding hydrogens is 146 g/mol. The third-order valence-corrected chi connectivity index (χ3v) is 1.86. The molecular formula is C11H23N. The quantitative estimate of drug-likeness (QED) is 0.638. The zero-order valence-corrected chi connectivity index (χ0v) is 9.20. The van der Waals surface area contributed by atoms with Crippen molar-refractivity contribution in [3.05, 3.63) is 12.2 Å². The van der Waals surface area contributed by atoms with E-state index in [-0.39, 0.29) is 0 Å². The van der Waals surface area contributed by atoms with Crippen molar-refractivity contribution in [1.29, 1.82) is 0 Å². The Labute approximate surface area is 77.2 Å². The molecule has 0 spiro atoms. The summed E-state index contributed by atoms with van der Waals surface area (Å²) in [5.74, 6) is 0. The van der Waals surface area contributed by atoms with Crippen molar-refractivity contribution < 1.29 is 0 Å². The highest BCUT2D eigenvalue weighted by Crippen LogP contribution is 2.23. The Morgan fingerprint density at radius 1 is 1.42 bits per heavy atom. The summed E-state index contributed by atoms with van der Waals surface area (Å²) in [4.78, 5) is 0. The van der Waals surface area contributed by atoms with E-state index < -0.39 is 0 Å². The highest BCUT2D eigenvalue weighted by atomic mass is 14.9. The Hall–Kier alpha value is -0.300. The molecule has 1 unspecified atom stereocenters. The van der Waals surface area contributed by atoms with Gasteiger partial charge in [0, 0.05) is 6.04 Å². The SMILES string of the molecule is C=C(C)CC(CC(C)(C)C)NC. The highest BCUT2D eigenvalue weighted by Gasteiger charge is 2.16. The predicted octanol–water partition coefficient (Wildman–Crippen LogP) is 2.98. The van der Waals surface area contributed by atoms with Crippen LogP contribution in [0.15, 0.2) is 12.2 Å². The lowest BCUT2D eigenvalue weighted by atomic mass is 9.86. The smallest absolute Gasteiger partial charge is 0.0106 e. The summed E-state index contributed by atoms with van der Waals surface area (Å²) in [6, 6.07) is 0.586. The van der Waals surface area contributed by atoms with E-state index in [1.54, 1.807) is 0 Å². The van der Waals surface area contributed by atoms with Crippen LogP contribution in [0.4, 0.5) is 0 Å². The van der Waals surface area contributed by atoms with Gasteiger partial charge in [0.1, 0.15) is 0 Å². The van der Waals surface area contributed by atoms with Gasteiger partial charge in [-0.15, -0.1) is 6.58 Å². The molecule has 1 N–H and O–H groups in total. The minimum Gasteiger partial charge on any atom is -0.317 e. The van der Waals surface area contributed by atoms with E-state index in [0.29, 0.717) is 11.5 Å². The number of hydrogen-bond acceptors (Lipinski definition) is 1. The molecule has 0 saturated heterocycles. The van der Waals surface area contributed by atoms with Gasteiger partial charge < -0.3 is 5.32 Å². The molecule has 0 aliphatic carbocycles. The van der Waals surface area contributed by atoms with Crippen LogP contribution in [0.2, 0.25) is 0 Å². The molecule has 12 heavy (non-hydrogen) atoms. The minimum atomic E-state index is 0.406. The lowest BCUT2D eigenvalue weighted by Gasteiger charge is -2.25. The van der Waals surface area contributed by atoms with Crippen LogP contribution >= 0.6 is 0 Å². The molecule has 0 aliphatic rings. The topological polar surface area (TPSA) is 12.0 Å². The van der Waals surface area contributed by atoms with Crippen LogP contribution in [0.1, 0.15) is 40.5 Å². The first-order valence-electron chi connectivity index (χ1n) is 4.67. The summed E-state index contributed by atoms with van der Waals surface area (Å²) in [6.07, 6.45) is 2.30. The van der Waals surface area contributed by atoms with Crippen molar-refractivity contribution in [3.8, 4) is 0 Å². The fraction of sp³-hybridized carbons (Fsp3) is 0.818. The molecule has 0 radical (unpaired) electrons. The van der Waals surface area contributed by atoms with Crippen molar-refractivity contribution >= 4 is 0 Å². The molecule has 1 heteroatoms. The standard InChI is InChI=1S/C11H23N/c1-9(2)7-10(12-6)8-11(3,4)5/h10,12H,1,7-8H2,2-6H3. The summed E-state index contributed by atoms with van der Waals surface area (Å²) < 4.78 is 0. The number of hydrogen-bond donors (Lipinski definition) is 1. The Kier molecular flexibility index (Phi) is 4.54. The number of rotatable bonds is 4. The average molecular weight is 169 g/mol. The van der Waals surface area contributed by atoms with Gasteiger partial charge in [-0.3, -0.25) is 0 Å². The van der Waals surface area contributed by atoms with E-state index in [2.05, 4.69) is 39.6 Å². The fourth-order valence-electron chi connectivity index (χ4n) is 1.44. The highest BCUT2D eigenvalue weighted by molar-refractivity contribution is 4.93. The molecule has 0 fully saturated rings. The van der Waals surface area contributed by atoms with Gasteiger partial charge in [-0.2, -0.15) is 0 Å². The van der Waals surface area contributed by atoms with Crippen LogP contribution in [0, 0.1) is 5.41 Å². The van der Waals surface area contributed by atoms with Crippen LogP contribution in [-0.4, -0.2) is 13.1 Å². The maximum Gasteiger partial charge on any atom is 0.0106 e. The second kappa shape index (κ2) is 4.66. The van der Waals surface area contributed by atoms with Gasteiger partial charge in [0.2, 0.25) is 0 Å². The first-order valence-corrected chi connectivity index (χ1v) is 4.67. The molecule has 0 heterocycles. The van der Waals surface area contributed by atoms with Crippen molar-refractivity contribution in [2.75, 3.05) is 7.05 Å². The molecule has 0 aromatic carbocycles. The Morgan fingerprint density at radius 3 is 2.17 bits per heavy atom. The molecule has 0 aliphatic heterocycles. The van der Waals surface area contributed by atoms with Crippen LogP contribution < -0.4 is 5.32 Å².